The molecule has 1 aromatic rings. The number of carboxylic acid groups (broad SMARTS) is 1. The van der Waals surface area contributed by atoms with E-state index in [0.717, 1.165) is 6.54 Å². The minimum atomic E-state index is -0.939. The maximum atomic E-state index is 12.5. The maximum Gasteiger partial charge on any atom is 0.303 e. The zero-order chi connectivity index (χ0) is 23.1. The van der Waals surface area contributed by atoms with Crippen LogP contribution in [-0.2, 0) is 19.1 Å². The van der Waals surface area contributed by atoms with Gasteiger partial charge in [-0.3, -0.25) is 14.4 Å². The van der Waals surface area contributed by atoms with Crippen LogP contribution in [0.2, 0.25) is 0 Å². The minimum absolute atomic E-state index is 0.0493. The summed E-state index contributed by atoms with van der Waals surface area (Å²) >= 11 is 0. The Kier molecular flexibility index (Phi) is 12.7. The van der Waals surface area contributed by atoms with Crippen LogP contribution in [0.25, 0.3) is 0 Å². The van der Waals surface area contributed by atoms with Gasteiger partial charge in [-0.1, -0.05) is 0 Å². The Balaban J connectivity index is 2.64. The van der Waals surface area contributed by atoms with Crippen molar-refractivity contribution < 1.29 is 29.0 Å². The van der Waals surface area contributed by atoms with Crippen molar-refractivity contribution in [3.63, 3.8) is 0 Å². The number of aliphatic carboxylic acids is 1. The third-order valence-corrected chi connectivity index (χ3v) is 4.15. The first kappa shape index (κ1) is 26.2. The van der Waals surface area contributed by atoms with Gasteiger partial charge in [0, 0.05) is 32.2 Å². The lowest BCUT2D eigenvalue weighted by molar-refractivity contribution is -0.137. The third kappa shape index (κ3) is 12.4. The first-order chi connectivity index (χ1) is 14.8. The molecule has 0 fully saturated rings. The summed E-state index contributed by atoms with van der Waals surface area (Å²) in [4.78, 5) is 37.3. The highest BCUT2D eigenvalue weighted by Gasteiger charge is 2.20. The van der Waals surface area contributed by atoms with Crippen molar-refractivity contribution in [2.45, 2.75) is 31.8 Å². The van der Waals surface area contributed by atoms with Crippen molar-refractivity contribution in [3.8, 4) is 5.75 Å². The number of nitrogens with zero attached hydrogens (tertiary/aromatic N) is 1. The number of amides is 2. The second kappa shape index (κ2) is 15.0. The van der Waals surface area contributed by atoms with E-state index in [1.165, 1.54) is 0 Å². The second-order valence-corrected chi connectivity index (χ2v) is 7.21. The summed E-state index contributed by atoms with van der Waals surface area (Å²) in [5.74, 6) is -0.863. The lowest BCUT2D eigenvalue weighted by Crippen LogP contribution is -2.51. The molecule has 0 aliphatic rings. The molecule has 4 N–H and O–H groups in total. The summed E-state index contributed by atoms with van der Waals surface area (Å²) < 4.78 is 10.4. The van der Waals surface area contributed by atoms with Crippen LogP contribution in [-0.4, -0.2) is 81.5 Å². The lowest BCUT2D eigenvalue weighted by Gasteiger charge is -2.21. The number of benzene rings is 1. The zero-order valence-electron chi connectivity index (χ0n) is 18.5. The smallest absolute Gasteiger partial charge is 0.303 e. The summed E-state index contributed by atoms with van der Waals surface area (Å²) in [6.45, 7) is 1.77. The van der Waals surface area contributed by atoms with Crippen molar-refractivity contribution in [1.29, 1.82) is 0 Å². The molecule has 1 aromatic carbocycles. The number of carboxylic acids is 1. The molecule has 0 radical (unpaired) electrons. The van der Waals surface area contributed by atoms with Gasteiger partial charge in [-0.05, 0) is 57.7 Å². The molecule has 0 spiro atoms. The molecule has 10 nitrogen and oxygen atoms in total. The van der Waals surface area contributed by atoms with E-state index in [-0.39, 0.29) is 18.2 Å². The summed E-state index contributed by atoms with van der Waals surface area (Å²) in [6.07, 6.45) is 0.522. The number of carbonyl (C=O) groups excluding carboxylic acids is 2. The number of hydrogen-bond acceptors (Lipinski definition) is 7. The molecular formula is C21H34N4O6. The predicted octanol–water partition coefficient (Wildman–Crippen LogP) is 0.889. The van der Waals surface area contributed by atoms with Gasteiger partial charge in [-0.15, -0.1) is 0 Å². The molecular weight excluding hydrogens is 404 g/mol. The highest BCUT2D eigenvalue weighted by molar-refractivity contribution is 5.89. The van der Waals surface area contributed by atoms with Gasteiger partial charge in [0.2, 0.25) is 5.91 Å². The summed E-state index contributed by atoms with van der Waals surface area (Å²) in [7, 11) is 5.41. The van der Waals surface area contributed by atoms with E-state index in [1.807, 2.05) is 19.0 Å². The normalized spacial score (nSPS) is 11.6. The average Bonchev–Trinajstić information content (AvgIpc) is 2.71. The quantitative estimate of drug-likeness (QED) is 0.221. The predicted molar refractivity (Wildman–Crippen MR) is 117 cm³/mol. The topological polar surface area (TPSA) is 129 Å². The fourth-order valence-corrected chi connectivity index (χ4v) is 2.56. The van der Waals surface area contributed by atoms with Crippen LogP contribution in [0, 0.1) is 0 Å². The number of hydrogen-bond donors (Lipinski definition) is 4. The Morgan fingerprint density at radius 2 is 1.77 bits per heavy atom. The van der Waals surface area contributed by atoms with E-state index in [9.17, 15) is 14.4 Å². The third-order valence-electron chi connectivity index (χ3n) is 4.15. The molecule has 0 heterocycles. The zero-order valence-corrected chi connectivity index (χ0v) is 18.5. The second-order valence-electron chi connectivity index (χ2n) is 7.21. The Morgan fingerprint density at radius 3 is 2.39 bits per heavy atom. The lowest BCUT2D eigenvalue weighted by atomic mass is 10.2. The Bertz CT molecular complexity index is 681. The summed E-state index contributed by atoms with van der Waals surface area (Å²) in [6, 6.07) is 6.87. The maximum absolute atomic E-state index is 12.5. The molecule has 0 aromatic heterocycles. The number of carbonyl (C=O) groups is 3. The van der Waals surface area contributed by atoms with Crippen molar-refractivity contribution >= 4 is 23.5 Å². The van der Waals surface area contributed by atoms with Gasteiger partial charge in [0.1, 0.15) is 5.75 Å². The van der Waals surface area contributed by atoms with E-state index in [4.69, 9.17) is 14.6 Å². The molecule has 1 unspecified atom stereocenters. The van der Waals surface area contributed by atoms with Crippen LogP contribution in [0.15, 0.2) is 24.3 Å². The van der Waals surface area contributed by atoms with E-state index < -0.39 is 12.1 Å². The van der Waals surface area contributed by atoms with Gasteiger partial charge in [-0.25, -0.2) is 0 Å². The Hall–Kier alpha value is -2.85. The minimum Gasteiger partial charge on any atom is -0.494 e. The molecule has 174 valence electrons. The van der Waals surface area contributed by atoms with Crippen LogP contribution in [0.4, 0.5) is 5.69 Å². The monoisotopic (exact) mass is 438 g/mol. The van der Waals surface area contributed by atoms with Crippen molar-refractivity contribution in [2.24, 2.45) is 0 Å². The molecule has 0 saturated carbocycles. The Labute approximate surface area is 183 Å². The molecule has 2 amide bonds. The van der Waals surface area contributed by atoms with Crippen LogP contribution in [0.5, 0.6) is 5.75 Å². The standard InChI is InChI=1S/C21H34N4O6/c1-25(2)13-4-6-18(26)24-20(21(29)22-12-15-30-3)23-16-8-10-17(11-9-16)31-14-5-7-19(27)28/h8-11,20,23H,4-7,12-15H2,1-3H3,(H,22,29)(H,24,26)(H,27,28). The molecule has 1 rings (SSSR count). The molecule has 0 saturated heterocycles. The van der Waals surface area contributed by atoms with Crippen LogP contribution in [0.3, 0.4) is 0 Å². The van der Waals surface area contributed by atoms with Gasteiger partial charge in [0.15, 0.2) is 6.17 Å². The van der Waals surface area contributed by atoms with E-state index in [1.54, 1.807) is 31.4 Å². The number of anilines is 1. The first-order valence-electron chi connectivity index (χ1n) is 10.2. The highest BCUT2D eigenvalue weighted by Crippen LogP contribution is 2.16. The number of ether oxygens (including phenoxy) is 2. The Morgan fingerprint density at radius 1 is 1.06 bits per heavy atom. The van der Waals surface area contributed by atoms with Crippen LogP contribution < -0.4 is 20.7 Å². The van der Waals surface area contributed by atoms with Crippen molar-refractivity contribution in [3.05, 3.63) is 24.3 Å². The summed E-state index contributed by atoms with van der Waals surface area (Å²) in [5, 5.41) is 17.1. The molecule has 31 heavy (non-hydrogen) atoms. The van der Waals surface area contributed by atoms with Gasteiger partial charge in [0.25, 0.3) is 5.91 Å². The number of rotatable bonds is 16. The number of methoxy groups -OCH3 is 1. The van der Waals surface area contributed by atoms with E-state index >= 15 is 0 Å². The largest absolute Gasteiger partial charge is 0.494 e. The molecule has 10 heteroatoms. The highest BCUT2D eigenvalue weighted by atomic mass is 16.5. The van der Waals surface area contributed by atoms with E-state index in [2.05, 4.69) is 16.0 Å². The van der Waals surface area contributed by atoms with Crippen molar-refractivity contribution in [1.82, 2.24) is 15.5 Å². The number of nitrogens with one attached hydrogen (secondary N) is 3. The van der Waals surface area contributed by atoms with Crippen LogP contribution in [0.1, 0.15) is 25.7 Å². The molecule has 1 atom stereocenters. The fraction of sp³-hybridized carbons (Fsp3) is 0.571. The van der Waals surface area contributed by atoms with E-state index in [0.29, 0.717) is 50.5 Å². The van der Waals surface area contributed by atoms with Crippen LogP contribution >= 0.6 is 0 Å². The SMILES string of the molecule is COCCNC(=O)C(NC(=O)CCCN(C)C)Nc1ccc(OCCCC(=O)O)cc1. The molecule has 0 bridgehead atoms. The molecule has 0 aliphatic heterocycles. The molecule has 0 aliphatic carbocycles. The van der Waals surface area contributed by atoms with Gasteiger partial charge >= 0.3 is 5.97 Å². The summed E-state index contributed by atoms with van der Waals surface area (Å²) in [5.41, 5.74) is 0.623. The van der Waals surface area contributed by atoms with Gasteiger partial charge in [-0.2, -0.15) is 0 Å². The van der Waals surface area contributed by atoms with Crippen molar-refractivity contribution in [2.75, 3.05) is 52.8 Å². The first-order valence-corrected chi connectivity index (χ1v) is 10.2. The fourth-order valence-electron chi connectivity index (χ4n) is 2.56. The van der Waals surface area contributed by atoms with Gasteiger partial charge in [0.05, 0.1) is 13.2 Å². The average molecular weight is 439 g/mol. The van der Waals surface area contributed by atoms with Gasteiger partial charge < -0.3 is 35.4 Å².